The van der Waals surface area contributed by atoms with Gasteiger partial charge in [-0.2, -0.15) is 5.10 Å². The number of aryl methyl sites for hydroxylation is 1. The summed E-state index contributed by atoms with van der Waals surface area (Å²) >= 11 is 1.34. The fraction of sp³-hybridized carbons (Fsp3) is 0.381. The van der Waals surface area contributed by atoms with Gasteiger partial charge >= 0.3 is 5.97 Å². The van der Waals surface area contributed by atoms with Gasteiger partial charge in [-0.1, -0.05) is 18.2 Å². The summed E-state index contributed by atoms with van der Waals surface area (Å²) in [7, 11) is 0. The number of hydrogen-bond donors (Lipinski definition) is 3. The third kappa shape index (κ3) is 6.73. The highest BCUT2D eigenvalue weighted by molar-refractivity contribution is 14.0. The zero-order valence-electron chi connectivity index (χ0n) is 18.5. The van der Waals surface area contributed by atoms with Gasteiger partial charge < -0.3 is 15.4 Å². The van der Waals surface area contributed by atoms with E-state index in [1.165, 1.54) is 17.7 Å². The van der Waals surface area contributed by atoms with Crippen LogP contribution in [0.4, 0.5) is 0 Å². The van der Waals surface area contributed by atoms with Crippen molar-refractivity contribution in [2.24, 2.45) is 4.99 Å². The summed E-state index contributed by atoms with van der Waals surface area (Å²) in [4.78, 5) is 26.1. The van der Waals surface area contributed by atoms with Crippen LogP contribution in [0.1, 0.15) is 52.7 Å². The first-order chi connectivity index (χ1) is 15.0. The highest BCUT2D eigenvalue weighted by Gasteiger charge is 2.20. The van der Waals surface area contributed by atoms with Gasteiger partial charge in [-0.05, 0) is 39.3 Å². The van der Waals surface area contributed by atoms with Crippen molar-refractivity contribution in [3.8, 4) is 11.4 Å². The number of halogens is 1. The Balaban J connectivity index is 0.00000363. The monoisotopic (exact) mass is 569 g/mol. The molecular formula is C21H28IN7O2S. The maximum atomic E-state index is 12.1. The molecule has 0 saturated heterocycles. The van der Waals surface area contributed by atoms with E-state index in [-0.39, 0.29) is 36.0 Å². The Kier molecular flexibility index (Phi) is 10.0. The van der Waals surface area contributed by atoms with Gasteiger partial charge in [0, 0.05) is 12.1 Å². The molecule has 0 saturated carbocycles. The van der Waals surface area contributed by atoms with Crippen molar-refractivity contribution in [3.05, 3.63) is 51.7 Å². The number of nitrogens with zero attached hydrogens (tertiary/aromatic N) is 4. The second kappa shape index (κ2) is 12.5. The lowest BCUT2D eigenvalue weighted by molar-refractivity contribution is 0.0531. The summed E-state index contributed by atoms with van der Waals surface area (Å²) < 4.78 is 5.11. The Bertz CT molecular complexity index is 1040. The summed E-state index contributed by atoms with van der Waals surface area (Å²) in [6, 6.07) is 7.88. The molecule has 1 atom stereocenters. The summed E-state index contributed by atoms with van der Waals surface area (Å²) in [6.45, 7) is 9.17. The number of esters is 1. The van der Waals surface area contributed by atoms with Crippen molar-refractivity contribution >= 4 is 47.2 Å². The first-order valence-electron chi connectivity index (χ1n) is 10.2. The number of aromatic nitrogens is 4. The number of aromatic amines is 1. The van der Waals surface area contributed by atoms with Crippen molar-refractivity contribution in [3.63, 3.8) is 0 Å². The van der Waals surface area contributed by atoms with Crippen LogP contribution in [0, 0.1) is 6.92 Å². The van der Waals surface area contributed by atoms with Crippen LogP contribution in [0.3, 0.4) is 0 Å². The normalized spacial score (nSPS) is 12.1. The van der Waals surface area contributed by atoms with Crippen LogP contribution < -0.4 is 10.6 Å². The number of rotatable bonds is 8. The van der Waals surface area contributed by atoms with Gasteiger partial charge in [0.25, 0.3) is 0 Å². The number of ether oxygens (including phenoxy) is 1. The smallest absolute Gasteiger partial charge is 0.350 e. The minimum absolute atomic E-state index is 0. The van der Waals surface area contributed by atoms with E-state index in [9.17, 15) is 4.79 Å². The highest BCUT2D eigenvalue weighted by atomic mass is 127. The number of nitrogens with one attached hydrogen (secondary N) is 3. The molecule has 1 aromatic carbocycles. The van der Waals surface area contributed by atoms with Gasteiger partial charge in [0.2, 0.25) is 0 Å². The molecule has 0 radical (unpaired) electrons. The molecule has 3 N–H and O–H groups in total. The number of hydrogen-bond acceptors (Lipinski definition) is 7. The molecule has 9 nitrogen and oxygen atoms in total. The Hall–Kier alpha value is -2.54. The second-order valence-electron chi connectivity index (χ2n) is 6.78. The number of carbonyl (C=O) groups is 1. The van der Waals surface area contributed by atoms with E-state index in [4.69, 9.17) is 9.73 Å². The quantitative estimate of drug-likeness (QED) is 0.163. The van der Waals surface area contributed by atoms with E-state index >= 15 is 0 Å². The fourth-order valence-electron chi connectivity index (χ4n) is 2.91. The molecule has 0 aliphatic rings. The first kappa shape index (κ1) is 25.7. The molecule has 32 heavy (non-hydrogen) atoms. The van der Waals surface area contributed by atoms with E-state index < -0.39 is 0 Å². The van der Waals surface area contributed by atoms with Gasteiger partial charge in [0.05, 0.1) is 24.9 Å². The van der Waals surface area contributed by atoms with Crippen LogP contribution >= 0.6 is 35.3 Å². The lowest BCUT2D eigenvalue weighted by Gasteiger charge is -2.16. The summed E-state index contributed by atoms with van der Waals surface area (Å²) in [5, 5.41) is 14.2. The molecule has 0 bridgehead atoms. The second-order valence-corrected chi connectivity index (χ2v) is 7.81. The molecule has 3 rings (SSSR count). The molecule has 0 aliphatic heterocycles. The maximum Gasteiger partial charge on any atom is 0.350 e. The Morgan fingerprint density at radius 2 is 2.16 bits per heavy atom. The van der Waals surface area contributed by atoms with Gasteiger partial charge in [0.15, 0.2) is 11.8 Å². The average Bonchev–Trinajstić information content (AvgIpc) is 3.43. The van der Waals surface area contributed by atoms with Gasteiger partial charge in [-0.25, -0.2) is 19.8 Å². The fourth-order valence-corrected chi connectivity index (χ4v) is 3.87. The SMILES string of the molecule is CCNC(=NCc1cccc(-c2ncn[nH]2)c1)NC(C)c1nc(C)c(C(=O)OCC)s1.I. The number of thiazole rings is 1. The average molecular weight is 569 g/mol. The minimum atomic E-state index is -0.330. The summed E-state index contributed by atoms with van der Waals surface area (Å²) in [6.07, 6.45) is 1.49. The van der Waals surface area contributed by atoms with Gasteiger partial charge in [-0.3, -0.25) is 5.10 Å². The zero-order valence-corrected chi connectivity index (χ0v) is 21.7. The lowest BCUT2D eigenvalue weighted by Crippen LogP contribution is -2.38. The van der Waals surface area contributed by atoms with Crippen molar-refractivity contribution in [2.45, 2.75) is 40.3 Å². The molecule has 3 aromatic rings. The predicted molar refractivity (Wildman–Crippen MR) is 136 cm³/mol. The van der Waals surface area contributed by atoms with Crippen LogP contribution in [-0.4, -0.2) is 45.2 Å². The van der Waals surface area contributed by atoms with E-state index in [1.54, 1.807) is 6.92 Å². The third-order valence-electron chi connectivity index (χ3n) is 4.38. The number of guanidine groups is 1. The number of aliphatic imine (C=N–C) groups is 1. The third-order valence-corrected chi connectivity index (χ3v) is 5.70. The van der Waals surface area contributed by atoms with Gasteiger partial charge in [0.1, 0.15) is 16.2 Å². The Labute approximate surface area is 208 Å². The van der Waals surface area contributed by atoms with Crippen molar-refractivity contribution < 1.29 is 9.53 Å². The molecule has 11 heteroatoms. The Morgan fingerprint density at radius 1 is 1.34 bits per heavy atom. The molecule has 172 valence electrons. The topological polar surface area (TPSA) is 117 Å². The van der Waals surface area contributed by atoms with Crippen molar-refractivity contribution in [1.82, 2.24) is 30.8 Å². The Morgan fingerprint density at radius 3 is 2.84 bits per heavy atom. The summed E-state index contributed by atoms with van der Waals surface area (Å²) in [5.41, 5.74) is 2.69. The van der Waals surface area contributed by atoms with E-state index in [1.807, 2.05) is 45.0 Å². The molecule has 0 aliphatic carbocycles. The zero-order chi connectivity index (χ0) is 22.2. The number of H-pyrrole nitrogens is 1. The van der Waals surface area contributed by atoms with Crippen LogP contribution in [-0.2, 0) is 11.3 Å². The number of benzene rings is 1. The minimum Gasteiger partial charge on any atom is -0.462 e. The van der Waals surface area contributed by atoms with Crippen LogP contribution in [0.25, 0.3) is 11.4 Å². The largest absolute Gasteiger partial charge is 0.462 e. The lowest BCUT2D eigenvalue weighted by atomic mass is 10.1. The van der Waals surface area contributed by atoms with Crippen LogP contribution in [0.15, 0.2) is 35.6 Å². The molecule has 2 aromatic heterocycles. The molecule has 2 heterocycles. The summed E-state index contributed by atoms with van der Waals surface area (Å²) in [5.74, 6) is 1.06. The van der Waals surface area contributed by atoms with E-state index in [2.05, 4.69) is 30.8 Å². The molecule has 0 spiro atoms. The van der Waals surface area contributed by atoms with Crippen LogP contribution in [0.2, 0.25) is 0 Å². The van der Waals surface area contributed by atoms with E-state index in [0.717, 1.165) is 28.5 Å². The first-order valence-corrected chi connectivity index (χ1v) is 11.0. The highest BCUT2D eigenvalue weighted by Crippen LogP contribution is 2.24. The van der Waals surface area contributed by atoms with Crippen LogP contribution in [0.5, 0.6) is 0 Å². The maximum absolute atomic E-state index is 12.1. The van der Waals surface area contributed by atoms with Crippen molar-refractivity contribution in [1.29, 1.82) is 0 Å². The molecule has 0 fully saturated rings. The molecule has 0 amide bonds. The predicted octanol–water partition coefficient (Wildman–Crippen LogP) is 3.85. The van der Waals surface area contributed by atoms with Crippen molar-refractivity contribution in [2.75, 3.05) is 13.2 Å². The standard InChI is InChI=1S/C21H27N7O2S.HI/c1-5-22-21(23-11-15-8-7-9-16(10-15)18-24-12-25-28-18)27-14(4)19-26-13(3)17(31-19)20(29)30-6-2;/h7-10,12,14H,5-6,11H2,1-4H3,(H2,22,23,27)(H,24,25,28);1H. The van der Waals surface area contributed by atoms with E-state index in [0.29, 0.717) is 29.7 Å². The molecule has 1 unspecified atom stereocenters. The van der Waals surface area contributed by atoms with Gasteiger partial charge in [-0.15, -0.1) is 35.3 Å². The number of carbonyl (C=O) groups excluding carboxylic acids is 1. The molecular weight excluding hydrogens is 541 g/mol.